The number of amides is 1. The lowest BCUT2D eigenvalue weighted by Crippen LogP contribution is -2.34. The molecular formula is C15H22N4O. The van der Waals surface area contributed by atoms with Crippen LogP contribution in [0.3, 0.4) is 0 Å². The molecule has 2 aliphatic rings. The molecule has 1 saturated heterocycles. The maximum atomic E-state index is 11.8. The zero-order chi connectivity index (χ0) is 13.8. The Balaban J connectivity index is 1.57. The van der Waals surface area contributed by atoms with Crippen LogP contribution in [0, 0.1) is 5.92 Å². The first-order valence-corrected chi connectivity index (χ1v) is 7.67. The molecule has 5 nitrogen and oxygen atoms in total. The molecular weight excluding hydrogens is 252 g/mol. The van der Waals surface area contributed by atoms with Crippen molar-refractivity contribution in [2.24, 2.45) is 5.92 Å². The number of nitrogens with one attached hydrogen (secondary N) is 1. The Bertz CT molecular complexity index is 467. The summed E-state index contributed by atoms with van der Waals surface area (Å²) in [6, 6.07) is 1.96. The number of anilines is 1. The third-order valence-electron chi connectivity index (χ3n) is 4.27. The smallest absolute Gasteiger partial charge is 0.223 e. The van der Waals surface area contributed by atoms with Gasteiger partial charge in [0.15, 0.2) is 0 Å². The summed E-state index contributed by atoms with van der Waals surface area (Å²) < 4.78 is 0. The van der Waals surface area contributed by atoms with Crippen molar-refractivity contribution < 1.29 is 4.79 Å². The van der Waals surface area contributed by atoms with Crippen molar-refractivity contribution in [2.75, 3.05) is 18.0 Å². The van der Waals surface area contributed by atoms with Gasteiger partial charge < -0.3 is 10.2 Å². The molecule has 0 aromatic carbocycles. The third kappa shape index (κ3) is 3.08. The molecule has 1 saturated carbocycles. The molecule has 5 heteroatoms. The van der Waals surface area contributed by atoms with Crippen LogP contribution in [0.1, 0.15) is 44.3 Å². The standard InChI is InChI=1S/C15H22N4O/c20-15(12-5-4-6-12)17-11-13-16-8-7-14(18-13)19-9-2-1-3-10-19/h7-8,12H,1-6,9-11H2,(H,17,20). The minimum Gasteiger partial charge on any atom is -0.357 e. The lowest BCUT2D eigenvalue weighted by molar-refractivity contribution is -0.127. The van der Waals surface area contributed by atoms with E-state index in [0.29, 0.717) is 12.4 Å². The minimum atomic E-state index is 0.156. The molecule has 1 aliphatic heterocycles. The van der Waals surface area contributed by atoms with Gasteiger partial charge in [-0.05, 0) is 38.2 Å². The van der Waals surface area contributed by atoms with E-state index in [1.165, 1.54) is 25.7 Å². The molecule has 1 aromatic heterocycles. The third-order valence-corrected chi connectivity index (χ3v) is 4.27. The Kier molecular flexibility index (Phi) is 4.14. The van der Waals surface area contributed by atoms with E-state index in [2.05, 4.69) is 20.2 Å². The minimum absolute atomic E-state index is 0.156. The Hall–Kier alpha value is -1.65. The van der Waals surface area contributed by atoms with E-state index in [4.69, 9.17) is 0 Å². The maximum Gasteiger partial charge on any atom is 0.223 e. The first-order valence-electron chi connectivity index (χ1n) is 7.67. The molecule has 3 rings (SSSR count). The summed E-state index contributed by atoms with van der Waals surface area (Å²) in [5.74, 6) is 2.08. The number of carbonyl (C=O) groups is 1. The maximum absolute atomic E-state index is 11.8. The number of nitrogens with zero attached hydrogens (tertiary/aromatic N) is 3. The second-order valence-electron chi connectivity index (χ2n) is 5.72. The molecule has 2 heterocycles. The molecule has 2 fully saturated rings. The molecule has 0 bridgehead atoms. The number of piperidine rings is 1. The number of hydrogen-bond acceptors (Lipinski definition) is 4. The van der Waals surface area contributed by atoms with Gasteiger partial charge in [-0.15, -0.1) is 0 Å². The lowest BCUT2D eigenvalue weighted by Gasteiger charge is -2.27. The first-order chi connectivity index (χ1) is 9.83. The molecule has 1 N–H and O–H groups in total. The first kappa shape index (κ1) is 13.3. The average Bonchev–Trinajstić information content (AvgIpc) is 2.45. The highest BCUT2D eigenvalue weighted by Crippen LogP contribution is 2.26. The van der Waals surface area contributed by atoms with E-state index >= 15 is 0 Å². The van der Waals surface area contributed by atoms with Crippen LogP contribution in [0.25, 0.3) is 0 Å². The zero-order valence-electron chi connectivity index (χ0n) is 11.8. The number of rotatable bonds is 4. The molecule has 1 aliphatic carbocycles. The average molecular weight is 274 g/mol. The highest BCUT2D eigenvalue weighted by Gasteiger charge is 2.24. The van der Waals surface area contributed by atoms with Crippen molar-refractivity contribution in [3.05, 3.63) is 18.1 Å². The normalized spacial score (nSPS) is 19.5. The fourth-order valence-corrected chi connectivity index (χ4v) is 2.75. The van der Waals surface area contributed by atoms with E-state index in [-0.39, 0.29) is 11.8 Å². The largest absolute Gasteiger partial charge is 0.357 e. The van der Waals surface area contributed by atoms with Crippen molar-refractivity contribution in [2.45, 2.75) is 45.1 Å². The van der Waals surface area contributed by atoms with E-state index in [9.17, 15) is 4.79 Å². The van der Waals surface area contributed by atoms with E-state index in [1.54, 1.807) is 6.20 Å². The Labute approximate surface area is 119 Å². The topological polar surface area (TPSA) is 58.1 Å². The van der Waals surface area contributed by atoms with Gasteiger partial charge in [-0.25, -0.2) is 9.97 Å². The van der Waals surface area contributed by atoms with Crippen LogP contribution >= 0.6 is 0 Å². The van der Waals surface area contributed by atoms with Crippen LogP contribution < -0.4 is 10.2 Å². The Morgan fingerprint density at radius 2 is 2.05 bits per heavy atom. The molecule has 0 atom stereocenters. The predicted molar refractivity (Wildman–Crippen MR) is 77.3 cm³/mol. The molecule has 108 valence electrons. The summed E-state index contributed by atoms with van der Waals surface area (Å²) in [7, 11) is 0. The summed E-state index contributed by atoms with van der Waals surface area (Å²) >= 11 is 0. The van der Waals surface area contributed by atoms with Crippen LogP contribution in [0.15, 0.2) is 12.3 Å². The van der Waals surface area contributed by atoms with Gasteiger partial charge in [0.05, 0.1) is 6.54 Å². The Morgan fingerprint density at radius 1 is 1.25 bits per heavy atom. The molecule has 1 amide bonds. The second-order valence-corrected chi connectivity index (χ2v) is 5.72. The van der Waals surface area contributed by atoms with Crippen molar-refractivity contribution in [3.63, 3.8) is 0 Å². The van der Waals surface area contributed by atoms with E-state index in [0.717, 1.165) is 31.7 Å². The van der Waals surface area contributed by atoms with Gasteiger partial charge in [0.2, 0.25) is 5.91 Å². The van der Waals surface area contributed by atoms with Gasteiger partial charge in [-0.2, -0.15) is 0 Å². The van der Waals surface area contributed by atoms with Crippen LogP contribution in [0.2, 0.25) is 0 Å². The number of hydrogen-bond donors (Lipinski definition) is 1. The molecule has 1 aromatic rings. The molecule has 20 heavy (non-hydrogen) atoms. The van der Waals surface area contributed by atoms with Crippen molar-refractivity contribution >= 4 is 11.7 Å². The van der Waals surface area contributed by atoms with Gasteiger partial charge in [0.1, 0.15) is 11.6 Å². The molecule has 0 radical (unpaired) electrons. The number of aromatic nitrogens is 2. The van der Waals surface area contributed by atoms with Gasteiger partial charge in [-0.3, -0.25) is 4.79 Å². The quantitative estimate of drug-likeness (QED) is 0.911. The van der Waals surface area contributed by atoms with Gasteiger partial charge in [-0.1, -0.05) is 6.42 Å². The number of carbonyl (C=O) groups excluding carboxylic acids is 1. The van der Waals surface area contributed by atoms with Crippen LogP contribution in [-0.4, -0.2) is 29.0 Å². The summed E-state index contributed by atoms with van der Waals surface area (Å²) in [6.45, 7) is 2.59. The SMILES string of the molecule is O=C(NCc1nccc(N2CCCCC2)n1)C1CCC1. The van der Waals surface area contributed by atoms with Gasteiger partial charge >= 0.3 is 0 Å². The van der Waals surface area contributed by atoms with E-state index in [1.807, 2.05) is 6.07 Å². The van der Waals surface area contributed by atoms with Crippen LogP contribution in [0.5, 0.6) is 0 Å². The summed E-state index contributed by atoms with van der Waals surface area (Å²) in [6.07, 6.45) is 8.81. The van der Waals surface area contributed by atoms with Crippen LogP contribution in [-0.2, 0) is 11.3 Å². The fraction of sp³-hybridized carbons (Fsp3) is 0.667. The van der Waals surface area contributed by atoms with Gasteiger partial charge in [0, 0.05) is 25.2 Å². The highest BCUT2D eigenvalue weighted by atomic mass is 16.1. The van der Waals surface area contributed by atoms with Gasteiger partial charge in [0.25, 0.3) is 0 Å². The second kappa shape index (κ2) is 6.20. The monoisotopic (exact) mass is 274 g/mol. The zero-order valence-corrected chi connectivity index (χ0v) is 11.8. The van der Waals surface area contributed by atoms with Crippen molar-refractivity contribution in [3.8, 4) is 0 Å². The van der Waals surface area contributed by atoms with Crippen LogP contribution in [0.4, 0.5) is 5.82 Å². The van der Waals surface area contributed by atoms with Crippen molar-refractivity contribution in [1.29, 1.82) is 0 Å². The van der Waals surface area contributed by atoms with Crippen molar-refractivity contribution in [1.82, 2.24) is 15.3 Å². The molecule has 0 unspecified atom stereocenters. The lowest BCUT2D eigenvalue weighted by atomic mass is 9.85. The Morgan fingerprint density at radius 3 is 2.75 bits per heavy atom. The predicted octanol–water partition coefficient (Wildman–Crippen LogP) is 1.88. The summed E-state index contributed by atoms with van der Waals surface area (Å²) in [5.41, 5.74) is 0. The van der Waals surface area contributed by atoms with E-state index < -0.39 is 0 Å². The summed E-state index contributed by atoms with van der Waals surface area (Å²) in [4.78, 5) is 22.9. The summed E-state index contributed by atoms with van der Waals surface area (Å²) in [5, 5.41) is 2.95. The highest BCUT2D eigenvalue weighted by molar-refractivity contribution is 5.79. The molecule has 0 spiro atoms. The fourth-order valence-electron chi connectivity index (χ4n) is 2.75.